The third kappa shape index (κ3) is 3.50. The normalized spacial score (nSPS) is 18.7. The van der Waals surface area contributed by atoms with E-state index in [0.29, 0.717) is 31.6 Å². The van der Waals surface area contributed by atoms with Crippen LogP contribution >= 0.6 is 0 Å². The summed E-state index contributed by atoms with van der Waals surface area (Å²) < 4.78 is 42.2. The van der Waals surface area contributed by atoms with Gasteiger partial charge in [0.1, 0.15) is 5.82 Å². The van der Waals surface area contributed by atoms with Gasteiger partial charge in [-0.15, -0.1) is 0 Å². The second-order valence-electron chi connectivity index (χ2n) is 4.67. The van der Waals surface area contributed by atoms with Crippen molar-refractivity contribution in [3.63, 3.8) is 0 Å². The Kier molecular flexibility index (Phi) is 4.51. The van der Waals surface area contributed by atoms with E-state index in [-0.39, 0.29) is 6.54 Å². The van der Waals surface area contributed by atoms with Gasteiger partial charge in [-0.05, 0) is 24.5 Å². The predicted molar refractivity (Wildman–Crippen MR) is 69.5 cm³/mol. The molecule has 1 aromatic rings. The van der Waals surface area contributed by atoms with Gasteiger partial charge in [-0.1, -0.05) is 12.1 Å². The Balaban J connectivity index is 2.18. The standard InChI is InChI=1S/C12H17FN2O3S/c13-11-7-10(12(14)3-5-18-6-4-12)2-1-9(11)8-15-19(16)17/h1-2,7,19H,3-6,8,14H2,(H,15,16,17). The zero-order valence-corrected chi connectivity index (χ0v) is 11.3. The Bertz CT molecular complexity index is 520. The molecule has 2 rings (SSSR count). The van der Waals surface area contributed by atoms with Crippen molar-refractivity contribution in [3.8, 4) is 0 Å². The van der Waals surface area contributed by atoms with Gasteiger partial charge < -0.3 is 10.5 Å². The largest absolute Gasteiger partial charge is 0.381 e. The van der Waals surface area contributed by atoms with E-state index in [9.17, 15) is 12.8 Å². The quantitative estimate of drug-likeness (QED) is 0.701. The van der Waals surface area contributed by atoms with Crippen LogP contribution in [0, 0.1) is 5.82 Å². The van der Waals surface area contributed by atoms with Crippen molar-refractivity contribution in [1.29, 1.82) is 0 Å². The molecule has 1 aromatic carbocycles. The third-order valence-corrected chi connectivity index (χ3v) is 3.83. The molecule has 0 saturated carbocycles. The number of rotatable bonds is 4. The summed E-state index contributed by atoms with van der Waals surface area (Å²) in [6.07, 6.45) is 1.30. The van der Waals surface area contributed by atoms with Crippen molar-refractivity contribution < 1.29 is 17.5 Å². The van der Waals surface area contributed by atoms with Crippen molar-refractivity contribution >= 4 is 10.9 Å². The molecule has 0 spiro atoms. The molecule has 1 aliphatic rings. The van der Waals surface area contributed by atoms with E-state index < -0.39 is 22.2 Å². The SMILES string of the molecule is NC1(c2ccc(CN[SH](=O)=O)c(F)c2)CCOCC1. The molecule has 3 N–H and O–H groups in total. The van der Waals surface area contributed by atoms with Crippen molar-refractivity contribution in [2.24, 2.45) is 5.73 Å². The van der Waals surface area contributed by atoms with E-state index in [1.807, 2.05) is 0 Å². The minimum Gasteiger partial charge on any atom is -0.381 e. The first-order chi connectivity index (χ1) is 9.01. The topological polar surface area (TPSA) is 81.4 Å². The van der Waals surface area contributed by atoms with Crippen LogP contribution in [-0.4, -0.2) is 21.6 Å². The highest BCUT2D eigenvalue weighted by molar-refractivity contribution is 7.70. The number of thiol groups is 1. The van der Waals surface area contributed by atoms with Crippen molar-refractivity contribution in [3.05, 3.63) is 35.1 Å². The van der Waals surface area contributed by atoms with E-state index in [0.717, 1.165) is 5.56 Å². The first kappa shape index (κ1) is 14.4. The first-order valence-corrected chi connectivity index (χ1v) is 7.22. The summed E-state index contributed by atoms with van der Waals surface area (Å²) in [5.41, 5.74) is 6.73. The van der Waals surface area contributed by atoms with Gasteiger partial charge in [0.25, 0.3) is 0 Å². The number of benzene rings is 1. The molecule has 1 aliphatic heterocycles. The van der Waals surface area contributed by atoms with E-state index in [4.69, 9.17) is 10.5 Å². The Morgan fingerprint density at radius 3 is 2.63 bits per heavy atom. The van der Waals surface area contributed by atoms with Gasteiger partial charge in [-0.25, -0.2) is 17.5 Å². The lowest BCUT2D eigenvalue weighted by Crippen LogP contribution is -2.42. The molecule has 106 valence electrons. The van der Waals surface area contributed by atoms with Crippen molar-refractivity contribution in [2.75, 3.05) is 13.2 Å². The summed E-state index contributed by atoms with van der Waals surface area (Å²) in [6, 6.07) is 4.71. The summed E-state index contributed by atoms with van der Waals surface area (Å²) in [5.74, 6) is -0.446. The lowest BCUT2D eigenvalue weighted by molar-refractivity contribution is 0.0521. The van der Waals surface area contributed by atoms with E-state index in [1.54, 1.807) is 12.1 Å². The number of hydrogen-bond acceptors (Lipinski definition) is 4. The fourth-order valence-corrected chi connectivity index (χ4v) is 2.47. The Hall–Kier alpha value is -1.02. The highest BCUT2D eigenvalue weighted by Gasteiger charge is 2.30. The average molecular weight is 288 g/mol. The number of halogens is 1. The molecule has 7 heteroatoms. The fraction of sp³-hybridized carbons (Fsp3) is 0.500. The van der Waals surface area contributed by atoms with Crippen LogP contribution in [0.1, 0.15) is 24.0 Å². The molecule has 0 aliphatic carbocycles. The molecule has 0 aromatic heterocycles. The molecule has 1 fully saturated rings. The number of nitrogens with one attached hydrogen (secondary N) is 1. The zero-order valence-electron chi connectivity index (χ0n) is 10.4. The molecule has 0 amide bonds. The third-order valence-electron chi connectivity index (χ3n) is 3.41. The molecule has 5 nitrogen and oxygen atoms in total. The van der Waals surface area contributed by atoms with Crippen LogP contribution in [0.3, 0.4) is 0 Å². The smallest absolute Gasteiger partial charge is 0.201 e. The Morgan fingerprint density at radius 1 is 1.37 bits per heavy atom. The number of hydrogen-bond donors (Lipinski definition) is 3. The maximum Gasteiger partial charge on any atom is 0.201 e. The molecule has 0 unspecified atom stereocenters. The first-order valence-electron chi connectivity index (χ1n) is 6.05. The molecule has 0 radical (unpaired) electrons. The van der Waals surface area contributed by atoms with Gasteiger partial charge in [0.05, 0.1) is 0 Å². The van der Waals surface area contributed by atoms with Crippen LogP contribution in [0.15, 0.2) is 18.2 Å². The van der Waals surface area contributed by atoms with Gasteiger partial charge in [0, 0.05) is 30.9 Å². The van der Waals surface area contributed by atoms with E-state index in [1.165, 1.54) is 6.07 Å². The summed E-state index contributed by atoms with van der Waals surface area (Å²) in [7, 11) is -2.72. The lowest BCUT2D eigenvalue weighted by atomic mass is 9.83. The van der Waals surface area contributed by atoms with Gasteiger partial charge in [-0.2, -0.15) is 0 Å². The van der Waals surface area contributed by atoms with Crippen LogP contribution in [-0.2, 0) is 27.7 Å². The van der Waals surface area contributed by atoms with Crippen molar-refractivity contribution in [1.82, 2.24) is 4.72 Å². The second-order valence-corrected chi connectivity index (χ2v) is 5.50. The Morgan fingerprint density at radius 2 is 2.05 bits per heavy atom. The number of ether oxygens (including phenoxy) is 1. The molecule has 19 heavy (non-hydrogen) atoms. The van der Waals surface area contributed by atoms with Crippen LogP contribution in [0.2, 0.25) is 0 Å². The highest BCUT2D eigenvalue weighted by Crippen LogP contribution is 2.30. The molecule has 1 saturated heterocycles. The Labute approximate surface area is 113 Å². The molecular weight excluding hydrogens is 271 g/mol. The zero-order chi connectivity index (χ0) is 13.9. The summed E-state index contributed by atoms with van der Waals surface area (Å²) in [4.78, 5) is 0. The summed E-state index contributed by atoms with van der Waals surface area (Å²) in [6.45, 7) is 1.08. The van der Waals surface area contributed by atoms with Crippen molar-refractivity contribution in [2.45, 2.75) is 24.9 Å². The van der Waals surface area contributed by atoms with Gasteiger partial charge in [-0.3, -0.25) is 0 Å². The van der Waals surface area contributed by atoms with Gasteiger partial charge in [0.2, 0.25) is 10.9 Å². The minimum atomic E-state index is -2.72. The molecule has 0 bridgehead atoms. The monoisotopic (exact) mass is 288 g/mol. The molecular formula is C12H17FN2O3S. The van der Waals surface area contributed by atoms with Gasteiger partial charge in [0.15, 0.2) is 0 Å². The van der Waals surface area contributed by atoms with Crippen LogP contribution in [0.25, 0.3) is 0 Å². The van der Waals surface area contributed by atoms with Crippen LogP contribution in [0.4, 0.5) is 4.39 Å². The fourth-order valence-electron chi connectivity index (χ4n) is 2.17. The predicted octanol–water partition coefficient (Wildman–Crippen LogP) is 0.406. The van der Waals surface area contributed by atoms with Crippen LogP contribution < -0.4 is 10.5 Å². The lowest BCUT2D eigenvalue weighted by Gasteiger charge is -2.34. The summed E-state index contributed by atoms with van der Waals surface area (Å²) in [5, 5.41) is 0. The maximum absolute atomic E-state index is 13.9. The average Bonchev–Trinajstić information content (AvgIpc) is 2.38. The van der Waals surface area contributed by atoms with Gasteiger partial charge >= 0.3 is 0 Å². The second kappa shape index (κ2) is 5.96. The van der Waals surface area contributed by atoms with E-state index in [2.05, 4.69) is 4.72 Å². The van der Waals surface area contributed by atoms with E-state index >= 15 is 0 Å². The summed E-state index contributed by atoms with van der Waals surface area (Å²) >= 11 is 0. The molecule has 1 heterocycles. The molecule has 0 atom stereocenters. The highest BCUT2D eigenvalue weighted by atomic mass is 32.2. The minimum absolute atomic E-state index is 0.0501. The number of nitrogens with two attached hydrogens (primary N) is 1. The maximum atomic E-state index is 13.9. The van der Waals surface area contributed by atoms with Crippen LogP contribution in [0.5, 0.6) is 0 Å².